The van der Waals surface area contributed by atoms with Crippen LogP contribution in [0.2, 0.25) is 0 Å². The van der Waals surface area contributed by atoms with Gasteiger partial charge < -0.3 is 4.52 Å². The van der Waals surface area contributed by atoms with E-state index in [9.17, 15) is 0 Å². The average molecular weight is 196 g/mol. The van der Waals surface area contributed by atoms with Crippen molar-refractivity contribution < 1.29 is 4.52 Å². The summed E-state index contributed by atoms with van der Waals surface area (Å²) in [6.07, 6.45) is 0. The molecule has 1 aliphatic heterocycles. The molecule has 0 atom stereocenters. The van der Waals surface area contributed by atoms with Gasteiger partial charge in [-0.3, -0.25) is 10.7 Å². The first-order valence-corrected chi connectivity index (χ1v) is 4.88. The van der Waals surface area contributed by atoms with Gasteiger partial charge in [0.2, 0.25) is 0 Å². The summed E-state index contributed by atoms with van der Waals surface area (Å²) in [6.45, 7) is 6.62. The fourth-order valence-corrected chi connectivity index (χ4v) is 1.63. The van der Waals surface area contributed by atoms with E-state index >= 15 is 0 Å². The van der Waals surface area contributed by atoms with Crippen LogP contribution in [0.4, 0.5) is 0 Å². The highest BCUT2D eigenvalue weighted by atomic mass is 16.5. The molecule has 5 nitrogen and oxygen atoms in total. The number of hydrazine groups is 1. The second kappa shape index (κ2) is 4.08. The second-order valence-electron chi connectivity index (χ2n) is 3.75. The summed E-state index contributed by atoms with van der Waals surface area (Å²) in [5.74, 6) is 6.60. The molecule has 78 valence electrons. The number of aromatic nitrogens is 1. The molecule has 0 bridgehead atoms. The zero-order valence-corrected chi connectivity index (χ0v) is 8.44. The van der Waals surface area contributed by atoms with Crippen molar-refractivity contribution in [2.24, 2.45) is 5.84 Å². The fraction of sp³-hybridized carbons (Fsp3) is 0.667. The van der Waals surface area contributed by atoms with Gasteiger partial charge in [0.25, 0.3) is 0 Å². The van der Waals surface area contributed by atoms with Crippen LogP contribution in [0.1, 0.15) is 11.5 Å². The molecule has 1 fully saturated rings. The van der Waals surface area contributed by atoms with Crippen LogP contribution >= 0.6 is 0 Å². The molecule has 2 rings (SSSR count). The normalized spacial score (nSPS) is 20.1. The maximum atomic E-state index is 5.67. The smallest absolute Gasteiger partial charge is 0.150 e. The lowest BCUT2D eigenvalue weighted by Gasteiger charge is -2.30. The molecule has 14 heavy (non-hydrogen) atoms. The lowest BCUT2D eigenvalue weighted by atomic mass is 10.3. The monoisotopic (exact) mass is 196 g/mol. The standard InChI is InChI=1S/C9H16N4O/c1-8-6-9(14-11-8)7-12-2-4-13(10)5-3-12/h6H,2-5,7,10H2,1H3. The topological polar surface area (TPSA) is 58.5 Å². The van der Waals surface area contributed by atoms with Crippen LogP contribution in [0.5, 0.6) is 0 Å². The number of hydrogen-bond acceptors (Lipinski definition) is 5. The molecule has 0 amide bonds. The summed E-state index contributed by atoms with van der Waals surface area (Å²) in [5.41, 5.74) is 0.942. The molecule has 1 aromatic rings. The first-order valence-electron chi connectivity index (χ1n) is 4.88. The quantitative estimate of drug-likeness (QED) is 0.673. The van der Waals surface area contributed by atoms with E-state index in [2.05, 4.69) is 10.1 Å². The van der Waals surface area contributed by atoms with E-state index in [-0.39, 0.29) is 0 Å². The van der Waals surface area contributed by atoms with Gasteiger partial charge in [0, 0.05) is 32.2 Å². The zero-order valence-electron chi connectivity index (χ0n) is 8.44. The highest BCUT2D eigenvalue weighted by Crippen LogP contribution is 2.08. The van der Waals surface area contributed by atoms with Crippen molar-refractivity contribution >= 4 is 0 Å². The van der Waals surface area contributed by atoms with Crippen molar-refractivity contribution in [3.63, 3.8) is 0 Å². The number of nitrogens with two attached hydrogens (primary N) is 1. The minimum Gasteiger partial charge on any atom is -0.360 e. The Labute approximate surface area is 83.4 Å². The number of aryl methyl sites for hydroxylation is 1. The van der Waals surface area contributed by atoms with Crippen LogP contribution in [0.15, 0.2) is 10.6 Å². The Morgan fingerprint density at radius 2 is 2.14 bits per heavy atom. The van der Waals surface area contributed by atoms with Crippen molar-refractivity contribution in [1.29, 1.82) is 0 Å². The number of piperazine rings is 1. The van der Waals surface area contributed by atoms with E-state index in [0.717, 1.165) is 44.2 Å². The maximum Gasteiger partial charge on any atom is 0.150 e. The zero-order chi connectivity index (χ0) is 9.97. The minimum absolute atomic E-state index is 0.842. The SMILES string of the molecule is Cc1cc(CN2CCN(N)CC2)on1. The van der Waals surface area contributed by atoms with Crippen molar-refractivity contribution in [3.8, 4) is 0 Å². The number of nitrogens with zero attached hydrogens (tertiary/aromatic N) is 3. The van der Waals surface area contributed by atoms with E-state index in [0.29, 0.717) is 0 Å². The molecule has 5 heteroatoms. The van der Waals surface area contributed by atoms with E-state index in [1.165, 1.54) is 0 Å². The van der Waals surface area contributed by atoms with Crippen LogP contribution < -0.4 is 5.84 Å². The molecule has 0 unspecified atom stereocenters. The van der Waals surface area contributed by atoms with Crippen molar-refractivity contribution in [2.75, 3.05) is 26.2 Å². The Hall–Kier alpha value is -0.910. The molecule has 0 radical (unpaired) electrons. The van der Waals surface area contributed by atoms with Crippen molar-refractivity contribution in [3.05, 3.63) is 17.5 Å². The Morgan fingerprint density at radius 3 is 2.71 bits per heavy atom. The summed E-state index contributed by atoms with van der Waals surface area (Å²) in [7, 11) is 0. The van der Waals surface area contributed by atoms with Crippen LogP contribution in [-0.2, 0) is 6.54 Å². The largest absolute Gasteiger partial charge is 0.360 e. The molecule has 0 spiro atoms. The van der Waals surface area contributed by atoms with E-state index < -0.39 is 0 Å². The van der Waals surface area contributed by atoms with Crippen LogP contribution in [-0.4, -0.2) is 41.2 Å². The first-order chi connectivity index (χ1) is 6.74. The molecule has 0 aromatic carbocycles. The van der Waals surface area contributed by atoms with Crippen molar-refractivity contribution in [2.45, 2.75) is 13.5 Å². The molecule has 1 aliphatic rings. The fourth-order valence-electron chi connectivity index (χ4n) is 1.63. The predicted octanol–water partition coefficient (Wildman–Crippen LogP) is -0.0257. The molecule has 2 heterocycles. The third kappa shape index (κ3) is 2.31. The molecule has 0 saturated carbocycles. The molecular formula is C9H16N4O. The van der Waals surface area contributed by atoms with Gasteiger partial charge in [0.05, 0.1) is 12.2 Å². The van der Waals surface area contributed by atoms with Gasteiger partial charge in [0.1, 0.15) is 0 Å². The van der Waals surface area contributed by atoms with Crippen molar-refractivity contribution in [1.82, 2.24) is 15.1 Å². The molecule has 1 aromatic heterocycles. The summed E-state index contributed by atoms with van der Waals surface area (Å²) >= 11 is 0. The molecule has 1 saturated heterocycles. The van der Waals surface area contributed by atoms with Gasteiger partial charge in [-0.15, -0.1) is 0 Å². The lowest BCUT2D eigenvalue weighted by Crippen LogP contribution is -2.48. The molecular weight excluding hydrogens is 180 g/mol. The minimum atomic E-state index is 0.842. The van der Waals surface area contributed by atoms with Crippen LogP contribution in [0, 0.1) is 6.92 Å². The van der Waals surface area contributed by atoms with Gasteiger partial charge in [-0.25, -0.2) is 5.01 Å². The number of hydrogen-bond donors (Lipinski definition) is 1. The van der Waals surface area contributed by atoms with Gasteiger partial charge in [-0.05, 0) is 6.92 Å². The highest BCUT2D eigenvalue weighted by molar-refractivity contribution is 5.02. The van der Waals surface area contributed by atoms with Crippen LogP contribution in [0.25, 0.3) is 0 Å². The number of rotatable bonds is 2. The Bertz CT molecular complexity index is 291. The Morgan fingerprint density at radius 1 is 1.43 bits per heavy atom. The van der Waals surface area contributed by atoms with E-state index in [1.807, 2.05) is 18.0 Å². The predicted molar refractivity (Wildman–Crippen MR) is 52.3 cm³/mol. The third-order valence-electron chi connectivity index (χ3n) is 2.46. The Kier molecular flexibility index (Phi) is 2.81. The highest BCUT2D eigenvalue weighted by Gasteiger charge is 2.15. The second-order valence-corrected chi connectivity index (χ2v) is 3.75. The van der Waals surface area contributed by atoms with Gasteiger partial charge >= 0.3 is 0 Å². The van der Waals surface area contributed by atoms with Gasteiger partial charge in [-0.2, -0.15) is 0 Å². The van der Waals surface area contributed by atoms with Gasteiger partial charge in [0.15, 0.2) is 5.76 Å². The summed E-state index contributed by atoms with van der Waals surface area (Å²) in [6, 6.07) is 1.98. The average Bonchev–Trinajstić information content (AvgIpc) is 2.56. The first kappa shape index (κ1) is 9.64. The van der Waals surface area contributed by atoms with Gasteiger partial charge in [-0.1, -0.05) is 5.16 Å². The van der Waals surface area contributed by atoms with E-state index in [4.69, 9.17) is 10.4 Å². The van der Waals surface area contributed by atoms with Crippen LogP contribution in [0.3, 0.4) is 0 Å². The summed E-state index contributed by atoms with van der Waals surface area (Å²) < 4.78 is 5.16. The molecule has 0 aliphatic carbocycles. The maximum absolute atomic E-state index is 5.67. The van der Waals surface area contributed by atoms with E-state index in [1.54, 1.807) is 0 Å². The summed E-state index contributed by atoms with van der Waals surface area (Å²) in [5, 5.41) is 5.71. The Balaban J connectivity index is 1.86. The third-order valence-corrected chi connectivity index (χ3v) is 2.46. The molecule has 2 N–H and O–H groups in total. The lowest BCUT2D eigenvalue weighted by molar-refractivity contribution is 0.119. The summed E-state index contributed by atoms with van der Waals surface area (Å²) in [4.78, 5) is 2.32.